The number of fused-ring (bicyclic) bond motifs is 11. The smallest absolute Gasteiger partial charge is 0.375 e. The van der Waals surface area contributed by atoms with E-state index in [1.54, 1.807) is 14.0 Å². The number of H-pyrrole nitrogens is 1. The molecular weight excluding hydrogens is 885 g/mol. The zero-order valence-corrected chi connectivity index (χ0v) is 39.4. The second-order valence-corrected chi connectivity index (χ2v) is 20.0. The lowest BCUT2D eigenvalue weighted by molar-refractivity contribution is -0.196. The minimum absolute atomic E-state index is 0.00366. The molecule has 15 heteroatoms. The molecule has 368 valence electrons. The van der Waals surface area contributed by atoms with Crippen molar-refractivity contribution in [2.45, 2.75) is 82.0 Å². The van der Waals surface area contributed by atoms with E-state index in [9.17, 15) is 39.9 Å². The number of methoxy groups -OCH3 is 1. The SMILES string of the molecule is CCOC(=O)C1=C(C=O)/C2=C3\C[C@@H](CO)C(=O)[C@@H](C3)c3cc4cc[nH]c4cc3CC[C@H](CO)COc3c4c(c(CO)c(c32)O1)O[C@@]1(C=C[C@@H](CCO)[C@@H]2C=C[C@@H]3CN(CCCOC)CC[C@H]3[C@]21O)C4. The van der Waals surface area contributed by atoms with Gasteiger partial charge in [-0.25, -0.2) is 4.79 Å². The van der Waals surface area contributed by atoms with Crippen LogP contribution in [-0.4, -0.2) is 131 Å². The number of aryl methyl sites for hydroxylation is 1. The van der Waals surface area contributed by atoms with Crippen molar-refractivity contribution < 1.29 is 63.6 Å². The number of ether oxygens (including phenoxy) is 5. The first-order valence-electron chi connectivity index (χ1n) is 24.8. The van der Waals surface area contributed by atoms with Crippen LogP contribution in [0.3, 0.4) is 0 Å². The summed E-state index contributed by atoms with van der Waals surface area (Å²) in [4.78, 5) is 48.1. The number of aliphatic hydroxyl groups is 5. The van der Waals surface area contributed by atoms with Crippen molar-refractivity contribution in [2.24, 2.45) is 35.5 Å². The van der Waals surface area contributed by atoms with Gasteiger partial charge in [-0.2, -0.15) is 0 Å². The molecule has 15 nitrogen and oxygen atoms in total. The Kier molecular flexibility index (Phi) is 13.2. The number of piperidine rings is 1. The van der Waals surface area contributed by atoms with Gasteiger partial charge < -0.3 is 59.1 Å². The number of likely N-dealkylation sites (tertiary alicyclic amines) is 1. The van der Waals surface area contributed by atoms with Gasteiger partial charge in [-0.05, 0) is 111 Å². The lowest BCUT2D eigenvalue weighted by Crippen LogP contribution is -2.70. The molecule has 69 heavy (non-hydrogen) atoms. The molecule has 1 saturated heterocycles. The third kappa shape index (κ3) is 7.79. The van der Waals surface area contributed by atoms with Gasteiger partial charge in [-0.1, -0.05) is 23.8 Å². The van der Waals surface area contributed by atoms with Gasteiger partial charge in [0.15, 0.2) is 11.9 Å². The zero-order chi connectivity index (χ0) is 48.2. The second kappa shape index (κ2) is 19.2. The Morgan fingerprint density at radius 2 is 1.91 bits per heavy atom. The third-order valence-corrected chi connectivity index (χ3v) is 16.4. The van der Waals surface area contributed by atoms with Gasteiger partial charge >= 0.3 is 5.97 Å². The average Bonchev–Trinajstić information content (AvgIpc) is 3.99. The molecule has 10 rings (SSSR count). The Labute approximate surface area is 401 Å². The van der Waals surface area contributed by atoms with Crippen molar-refractivity contribution >= 4 is 34.5 Å². The van der Waals surface area contributed by atoms with Gasteiger partial charge in [0.2, 0.25) is 5.76 Å². The van der Waals surface area contributed by atoms with E-state index >= 15 is 0 Å². The summed E-state index contributed by atoms with van der Waals surface area (Å²) in [6.45, 7) is 3.16. The Hall–Kier alpha value is -5.13. The van der Waals surface area contributed by atoms with Crippen molar-refractivity contribution in [1.29, 1.82) is 0 Å². The first kappa shape index (κ1) is 47.5. The highest BCUT2D eigenvalue weighted by molar-refractivity contribution is 6.11. The standard InChI is InChI=1S/C54H64N2O13/c1-3-66-52(63)51-40(27-60)45-35-19-36(26-59)47(62)38(21-35)37-20-33-10-14-55-44(33)22-32(37)6-5-30(25-58)29-67-49-39-23-53(69-48(39)41(28-61)50(68-51)46(45)49)13-9-31(12-17-57)42-8-7-34-24-56(15-4-18-65-2)16-11-43(34)54(42,53)64/h7-10,13-14,20,22,27,30-31,34,36,38,42-43,55,57-59,61,64H,3-6,11-12,15-19,21,23-26,28-29H2,1-2H3/b45-35-/t30-,31+,34-,36+,38+,42+,43-,53+,54-/m1/s1. The Balaban J connectivity index is 1.20. The summed E-state index contributed by atoms with van der Waals surface area (Å²) in [5, 5.41) is 58.7. The predicted octanol–water partition coefficient (Wildman–Crippen LogP) is 4.64. The maximum absolute atomic E-state index is 14.6. The van der Waals surface area contributed by atoms with Crippen LogP contribution in [0.25, 0.3) is 16.5 Å². The molecular formula is C54H64N2O13. The number of ketones is 1. The van der Waals surface area contributed by atoms with Crippen molar-refractivity contribution in [1.82, 2.24) is 9.88 Å². The zero-order valence-electron chi connectivity index (χ0n) is 39.4. The molecule has 6 N–H and O–H groups in total. The lowest BCUT2D eigenvalue weighted by atomic mass is 9.52. The summed E-state index contributed by atoms with van der Waals surface area (Å²) in [7, 11) is 1.70. The van der Waals surface area contributed by atoms with Gasteiger partial charge in [0.25, 0.3) is 0 Å². The molecule has 0 unspecified atom stereocenters. The number of aldehydes is 1. The molecule has 1 spiro atoms. The molecule has 3 aliphatic carbocycles. The van der Waals surface area contributed by atoms with Crippen LogP contribution in [0.15, 0.2) is 65.6 Å². The second-order valence-electron chi connectivity index (χ2n) is 20.0. The number of allylic oxidation sites excluding steroid dienone is 4. The fraction of sp³-hybridized carbons (Fsp3) is 0.537. The maximum atomic E-state index is 14.6. The molecule has 3 aromatic rings. The summed E-state index contributed by atoms with van der Waals surface area (Å²) < 4.78 is 31.8. The fourth-order valence-electron chi connectivity index (χ4n) is 13.1. The molecule has 2 fully saturated rings. The number of esters is 1. The minimum atomic E-state index is -1.53. The Bertz CT molecular complexity index is 2650. The van der Waals surface area contributed by atoms with E-state index in [2.05, 4.69) is 22.0 Å². The molecule has 1 aromatic heterocycles. The van der Waals surface area contributed by atoms with Crippen LogP contribution < -0.4 is 14.2 Å². The number of hydrogen-bond donors (Lipinski definition) is 6. The largest absolute Gasteiger partial charge is 0.492 e. The molecule has 5 heterocycles. The summed E-state index contributed by atoms with van der Waals surface area (Å²) >= 11 is 0. The van der Waals surface area contributed by atoms with Crippen LogP contribution in [0.2, 0.25) is 0 Å². The number of nitrogens with one attached hydrogen (secondary N) is 1. The third-order valence-electron chi connectivity index (χ3n) is 16.4. The first-order chi connectivity index (χ1) is 33.6. The molecule has 0 radical (unpaired) electrons. The van der Waals surface area contributed by atoms with E-state index < -0.39 is 59.8 Å². The number of carbonyl (C=O) groups is 3. The quantitative estimate of drug-likeness (QED) is 0.0631. The number of rotatable bonds is 12. The van der Waals surface area contributed by atoms with E-state index in [1.165, 1.54) is 0 Å². The number of aromatic amines is 1. The fourth-order valence-corrected chi connectivity index (χ4v) is 13.1. The van der Waals surface area contributed by atoms with Gasteiger partial charge in [0, 0.05) is 98.9 Å². The van der Waals surface area contributed by atoms with Crippen molar-refractivity contribution in [3.63, 3.8) is 0 Å². The van der Waals surface area contributed by atoms with E-state index in [4.69, 9.17) is 23.7 Å². The number of aromatic nitrogens is 1. The van der Waals surface area contributed by atoms with E-state index in [0.717, 1.165) is 48.1 Å². The highest BCUT2D eigenvalue weighted by Gasteiger charge is 2.67. The van der Waals surface area contributed by atoms with Crippen LogP contribution in [0, 0.1) is 35.5 Å². The van der Waals surface area contributed by atoms with E-state index in [1.807, 2.05) is 36.5 Å². The number of Topliss-reactive ketones (excluding diaryl/α,β-unsaturated/α-hetero) is 1. The first-order valence-corrected chi connectivity index (χ1v) is 24.8. The maximum Gasteiger partial charge on any atom is 0.375 e. The van der Waals surface area contributed by atoms with Gasteiger partial charge in [-0.15, -0.1) is 0 Å². The summed E-state index contributed by atoms with van der Waals surface area (Å²) in [6, 6.07) is 5.98. The number of benzene rings is 2. The minimum Gasteiger partial charge on any atom is -0.492 e. The van der Waals surface area contributed by atoms with Crippen LogP contribution in [0.4, 0.5) is 0 Å². The van der Waals surface area contributed by atoms with Gasteiger partial charge in [0.1, 0.15) is 28.6 Å². The Morgan fingerprint density at radius 1 is 1.06 bits per heavy atom. The molecule has 1 saturated carbocycles. The van der Waals surface area contributed by atoms with Crippen LogP contribution in [-0.2, 0) is 43.3 Å². The molecule has 9 atom stereocenters. The topological polar surface area (TPSA) is 218 Å². The van der Waals surface area contributed by atoms with E-state index in [-0.39, 0.29) is 109 Å². The summed E-state index contributed by atoms with van der Waals surface area (Å²) in [5.41, 5.74) is 1.34. The van der Waals surface area contributed by atoms with Crippen molar-refractivity contribution in [3.8, 4) is 17.2 Å². The Morgan fingerprint density at radius 3 is 2.67 bits per heavy atom. The summed E-state index contributed by atoms with van der Waals surface area (Å²) in [5.74, 6) is -3.99. The molecule has 0 amide bonds. The van der Waals surface area contributed by atoms with Crippen LogP contribution in [0.1, 0.15) is 79.2 Å². The number of carbonyl (C=O) groups excluding carboxylic acids is 3. The highest BCUT2D eigenvalue weighted by atomic mass is 16.6. The lowest BCUT2D eigenvalue weighted by Gasteiger charge is -2.59. The number of hydrogen-bond acceptors (Lipinski definition) is 14. The van der Waals surface area contributed by atoms with Crippen molar-refractivity contribution in [3.05, 3.63) is 93.4 Å². The van der Waals surface area contributed by atoms with Crippen LogP contribution in [0.5, 0.6) is 17.2 Å². The highest BCUT2D eigenvalue weighted by Crippen LogP contribution is 2.63. The number of nitrogens with zero attached hydrogens (tertiary/aromatic N) is 1. The summed E-state index contributed by atoms with van der Waals surface area (Å²) in [6.07, 6.45) is 13.8. The normalized spacial score (nSPS) is 31.5. The molecule has 2 aromatic carbocycles. The van der Waals surface area contributed by atoms with Gasteiger partial charge in [0.05, 0.1) is 43.1 Å². The number of aliphatic hydroxyl groups excluding tert-OH is 4. The monoisotopic (exact) mass is 948 g/mol. The van der Waals surface area contributed by atoms with Crippen molar-refractivity contribution in [2.75, 3.05) is 66.4 Å². The van der Waals surface area contributed by atoms with E-state index in [0.29, 0.717) is 49.7 Å². The molecule has 7 aliphatic rings. The molecule has 4 aliphatic heterocycles. The predicted molar refractivity (Wildman–Crippen MR) is 253 cm³/mol. The average molecular weight is 949 g/mol. The van der Waals surface area contributed by atoms with Crippen LogP contribution >= 0.6 is 0 Å². The van der Waals surface area contributed by atoms with Gasteiger partial charge in [-0.3, -0.25) is 9.59 Å². The molecule has 2 bridgehead atoms.